The van der Waals surface area contributed by atoms with Crippen molar-refractivity contribution in [1.82, 2.24) is 5.32 Å². The number of hydrogen-bond donors (Lipinski definition) is 6. The molecule has 6 rings (SSSR count). The molecule has 2 aliphatic rings. The number of nitrogens with zero attached hydrogens (tertiary/aromatic N) is 1. The molecular formula is C40H45N3O11. The third kappa shape index (κ3) is 8.16. The van der Waals surface area contributed by atoms with E-state index in [0.717, 1.165) is 16.7 Å². The van der Waals surface area contributed by atoms with Gasteiger partial charge in [-0.25, -0.2) is 0 Å². The van der Waals surface area contributed by atoms with Crippen molar-refractivity contribution in [2.45, 2.75) is 58.0 Å². The average molecular weight is 744 g/mol. The van der Waals surface area contributed by atoms with E-state index in [-0.39, 0.29) is 32.3 Å². The number of hydrogen-bond acceptors (Lipinski definition) is 13. The summed E-state index contributed by atoms with van der Waals surface area (Å²) in [4.78, 5) is 18.6. The summed E-state index contributed by atoms with van der Waals surface area (Å²) >= 11 is 0. The molecule has 0 bridgehead atoms. The van der Waals surface area contributed by atoms with Gasteiger partial charge in [0.05, 0.1) is 72.2 Å². The van der Waals surface area contributed by atoms with Gasteiger partial charge in [-0.15, -0.1) is 0 Å². The Balaban J connectivity index is 1.02. The number of carbonyl (C=O) groups is 1. The molecule has 0 fully saturated rings. The van der Waals surface area contributed by atoms with Crippen LogP contribution in [0.3, 0.4) is 0 Å². The summed E-state index contributed by atoms with van der Waals surface area (Å²) in [7, 11) is 4.64. The van der Waals surface area contributed by atoms with Crippen molar-refractivity contribution in [2.75, 3.05) is 39.9 Å². The van der Waals surface area contributed by atoms with E-state index in [2.05, 4.69) is 15.8 Å². The van der Waals surface area contributed by atoms with E-state index in [1.807, 2.05) is 24.3 Å². The van der Waals surface area contributed by atoms with Gasteiger partial charge >= 0.3 is 0 Å². The van der Waals surface area contributed by atoms with E-state index in [0.29, 0.717) is 100 Å². The Kier molecular flexibility index (Phi) is 12.4. The molecule has 286 valence electrons. The number of unbranched alkanes of at least 4 members (excludes halogenated alkanes) is 1. The number of rotatable bonds is 17. The molecule has 0 saturated heterocycles. The molecule has 2 aliphatic heterocycles. The highest BCUT2D eigenvalue weighted by atomic mass is 16.6. The van der Waals surface area contributed by atoms with Crippen LogP contribution in [0, 0.1) is 0 Å². The molecule has 4 aromatic rings. The SMILES string of the molecule is COc1ccc2c(c1)C(=O)NC(c1ccc(OCCCCOc3c(OC)cc(C4=NOC(c5cc(CO)c(CO)c(CO)c5)C4)cc3OC)c(CO)c1)N2. The van der Waals surface area contributed by atoms with Crippen LogP contribution in [-0.4, -0.2) is 66.6 Å². The summed E-state index contributed by atoms with van der Waals surface area (Å²) in [5.41, 5.74) is 6.22. The number of aliphatic hydroxyl groups is 4. The predicted octanol–water partition coefficient (Wildman–Crippen LogP) is 4.64. The number of nitrogens with one attached hydrogen (secondary N) is 2. The highest BCUT2D eigenvalue weighted by molar-refractivity contribution is 6.03. The highest BCUT2D eigenvalue weighted by Crippen LogP contribution is 2.41. The third-order valence-corrected chi connectivity index (χ3v) is 9.47. The molecule has 6 N–H and O–H groups in total. The van der Waals surface area contributed by atoms with E-state index in [9.17, 15) is 25.2 Å². The smallest absolute Gasteiger partial charge is 0.255 e. The lowest BCUT2D eigenvalue weighted by Gasteiger charge is -2.29. The first-order valence-electron chi connectivity index (χ1n) is 17.5. The lowest BCUT2D eigenvalue weighted by molar-refractivity contribution is 0.0853. The minimum atomic E-state index is -0.480. The van der Waals surface area contributed by atoms with Crippen LogP contribution in [-0.2, 0) is 31.3 Å². The summed E-state index contributed by atoms with van der Waals surface area (Å²) in [5, 5.41) is 50.1. The van der Waals surface area contributed by atoms with Crippen molar-refractivity contribution in [3.8, 4) is 28.7 Å². The van der Waals surface area contributed by atoms with Crippen molar-refractivity contribution >= 4 is 17.3 Å². The lowest BCUT2D eigenvalue weighted by atomic mass is 9.93. The zero-order valence-electron chi connectivity index (χ0n) is 30.4. The molecule has 0 aliphatic carbocycles. The molecule has 0 spiro atoms. The largest absolute Gasteiger partial charge is 0.497 e. The molecule has 2 unspecified atom stereocenters. The number of amides is 1. The van der Waals surface area contributed by atoms with Gasteiger partial charge in [0.1, 0.15) is 17.7 Å². The minimum absolute atomic E-state index is 0.224. The van der Waals surface area contributed by atoms with Gasteiger partial charge in [0, 0.05) is 23.2 Å². The summed E-state index contributed by atoms with van der Waals surface area (Å²) in [6.45, 7) is -0.348. The van der Waals surface area contributed by atoms with E-state index in [4.69, 9.17) is 28.5 Å². The summed E-state index contributed by atoms with van der Waals surface area (Å²) in [5.74, 6) is 2.30. The standard InChI is InChI=1S/C40H45N3O11/c1-49-29-7-8-32-30(17-29)40(48)42-39(41-32)23-6-9-34(28(12-23)21-46)52-10-4-5-11-53-38-36(50-2)15-24(16-37(38)51-3)33-18-35(54-43-33)25-13-26(19-44)31(22-47)27(14-25)20-45/h6-9,12-17,35,39,41,44-47H,4-5,10-11,18-22H2,1-3H3,(H,42,48). The van der Waals surface area contributed by atoms with Crippen molar-refractivity contribution in [2.24, 2.45) is 5.16 Å². The van der Waals surface area contributed by atoms with E-state index < -0.39 is 12.3 Å². The van der Waals surface area contributed by atoms with Crippen LogP contribution in [0.1, 0.15) is 80.8 Å². The molecule has 2 atom stereocenters. The second kappa shape index (κ2) is 17.5. The Morgan fingerprint density at radius 2 is 1.39 bits per heavy atom. The predicted molar refractivity (Wildman–Crippen MR) is 198 cm³/mol. The van der Waals surface area contributed by atoms with Gasteiger partial charge in [-0.05, 0) is 95.3 Å². The van der Waals surface area contributed by atoms with Crippen molar-refractivity contribution in [3.05, 3.63) is 105 Å². The maximum absolute atomic E-state index is 12.8. The van der Waals surface area contributed by atoms with E-state index in [1.165, 1.54) is 0 Å². The molecule has 0 aromatic heterocycles. The number of methoxy groups -OCH3 is 3. The molecule has 1 amide bonds. The van der Waals surface area contributed by atoms with Crippen LogP contribution in [0.2, 0.25) is 0 Å². The Bertz CT molecular complexity index is 1950. The van der Waals surface area contributed by atoms with Gasteiger partial charge in [-0.1, -0.05) is 11.2 Å². The number of carbonyl (C=O) groups excluding carboxylic acids is 1. The second-order valence-electron chi connectivity index (χ2n) is 12.7. The maximum atomic E-state index is 12.8. The van der Waals surface area contributed by atoms with Gasteiger partial charge in [-0.3, -0.25) is 4.79 Å². The number of benzene rings is 4. The van der Waals surface area contributed by atoms with Crippen LogP contribution in [0.5, 0.6) is 28.7 Å². The van der Waals surface area contributed by atoms with Crippen LogP contribution in [0.25, 0.3) is 0 Å². The lowest BCUT2D eigenvalue weighted by Crippen LogP contribution is -2.38. The van der Waals surface area contributed by atoms with Crippen LogP contribution in [0.15, 0.2) is 65.8 Å². The zero-order valence-corrected chi connectivity index (χ0v) is 30.4. The van der Waals surface area contributed by atoms with Gasteiger partial charge in [0.2, 0.25) is 5.75 Å². The summed E-state index contributed by atoms with van der Waals surface area (Å²) in [6, 6.07) is 17.9. The summed E-state index contributed by atoms with van der Waals surface area (Å²) < 4.78 is 28.7. The number of anilines is 1. The van der Waals surface area contributed by atoms with Crippen molar-refractivity contribution < 1.29 is 53.7 Å². The van der Waals surface area contributed by atoms with Gasteiger partial charge in [-0.2, -0.15) is 0 Å². The Hall–Kier alpha value is -5.54. The molecule has 0 radical (unpaired) electrons. The number of aliphatic hydroxyl groups excluding tert-OH is 4. The molecule has 14 heteroatoms. The topological polar surface area (TPSA) is 190 Å². The summed E-state index contributed by atoms with van der Waals surface area (Å²) in [6.07, 6.45) is 0.809. The van der Waals surface area contributed by atoms with Crippen LogP contribution in [0.4, 0.5) is 5.69 Å². The first-order valence-corrected chi connectivity index (χ1v) is 17.5. The van der Waals surface area contributed by atoms with Crippen LogP contribution >= 0.6 is 0 Å². The third-order valence-electron chi connectivity index (χ3n) is 9.47. The first-order chi connectivity index (χ1) is 26.3. The Morgan fingerprint density at radius 1 is 0.722 bits per heavy atom. The molecule has 54 heavy (non-hydrogen) atoms. The molecule has 2 heterocycles. The fourth-order valence-corrected chi connectivity index (χ4v) is 6.55. The molecule has 4 aromatic carbocycles. The highest BCUT2D eigenvalue weighted by Gasteiger charge is 2.28. The Labute approximate surface area is 312 Å². The average Bonchev–Trinajstić information content (AvgIpc) is 3.71. The van der Waals surface area contributed by atoms with Crippen molar-refractivity contribution in [1.29, 1.82) is 0 Å². The maximum Gasteiger partial charge on any atom is 0.255 e. The molecule has 0 saturated carbocycles. The number of oxime groups is 1. The fraction of sp³-hybridized carbons (Fsp3) is 0.350. The normalized spacial score (nSPS) is 16.1. The minimum Gasteiger partial charge on any atom is -0.497 e. The first kappa shape index (κ1) is 38.2. The van der Waals surface area contributed by atoms with E-state index in [1.54, 1.807) is 57.7 Å². The second-order valence-corrected chi connectivity index (χ2v) is 12.7. The van der Waals surface area contributed by atoms with Gasteiger partial charge < -0.3 is 59.6 Å². The quantitative estimate of drug-likeness (QED) is 0.0824. The molecule has 14 nitrogen and oxygen atoms in total. The number of fused-ring (bicyclic) bond motifs is 1. The Morgan fingerprint density at radius 3 is 2.02 bits per heavy atom. The van der Waals surface area contributed by atoms with Crippen LogP contribution < -0.4 is 34.3 Å². The fourth-order valence-electron chi connectivity index (χ4n) is 6.55. The molecular weight excluding hydrogens is 698 g/mol. The zero-order chi connectivity index (χ0) is 38.2. The van der Waals surface area contributed by atoms with Gasteiger partial charge in [0.25, 0.3) is 5.91 Å². The van der Waals surface area contributed by atoms with Crippen molar-refractivity contribution in [3.63, 3.8) is 0 Å². The monoisotopic (exact) mass is 743 g/mol. The van der Waals surface area contributed by atoms with Gasteiger partial charge in [0.15, 0.2) is 17.6 Å². The van der Waals surface area contributed by atoms with E-state index >= 15 is 0 Å². The number of ether oxygens (including phenoxy) is 5.